The van der Waals surface area contributed by atoms with Crippen LogP contribution in [0.4, 0.5) is 4.39 Å². The van der Waals surface area contributed by atoms with E-state index in [1.807, 2.05) is 19.1 Å². The van der Waals surface area contributed by atoms with Crippen molar-refractivity contribution in [1.82, 2.24) is 5.32 Å². The number of rotatable bonds is 3. The van der Waals surface area contributed by atoms with Gasteiger partial charge in [0, 0.05) is 11.1 Å². The van der Waals surface area contributed by atoms with Crippen LogP contribution in [0.1, 0.15) is 22.9 Å². The summed E-state index contributed by atoms with van der Waals surface area (Å²) in [4.78, 5) is 0. The van der Waals surface area contributed by atoms with Gasteiger partial charge in [-0.15, -0.1) is 0 Å². The molecule has 2 aromatic rings. The van der Waals surface area contributed by atoms with Gasteiger partial charge in [-0.25, -0.2) is 4.39 Å². The maximum atomic E-state index is 14.0. The van der Waals surface area contributed by atoms with Gasteiger partial charge in [0.1, 0.15) is 11.6 Å². The number of benzene rings is 1. The monoisotopic (exact) mass is 297 g/mol. The zero-order chi connectivity index (χ0) is 12.4. The Bertz CT molecular complexity index is 524. The van der Waals surface area contributed by atoms with Crippen molar-refractivity contribution < 1.29 is 8.81 Å². The van der Waals surface area contributed by atoms with Crippen LogP contribution in [0.25, 0.3) is 0 Å². The highest BCUT2D eigenvalue weighted by Crippen LogP contribution is 2.28. The first-order chi connectivity index (χ1) is 8.13. The Morgan fingerprint density at radius 2 is 2.18 bits per heavy atom. The molecule has 4 heteroatoms. The molecular formula is C13H13BrFNO. The van der Waals surface area contributed by atoms with E-state index in [2.05, 4.69) is 21.2 Å². The summed E-state index contributed by atoms with van der Waals surface area (Å²) >= 11 is 3.20. The van der Waals surface area contributed by atoms with E-state index in [1.165, 1.54) is 0 Å². The van der Waals surface area contributed by atoms with Gasteiger partial charge in [0.25, 0.3) is 0 Å². The fourth-order valence-electron chi connectivity index (χ4n) is 1.86. The molecule has 1 atom stereocenters. The molecule has 2 nitrogen and oxygen atoms in total. The van der Waals surface area contributed by atoms with Crippen LogP contribution >= 0.6 is 15.9 Å². The zero-order valence-electron chi connectivity index (χ0n) is 9.63. The number of halogens is 2. The third kappa shape index (κ3) is 2.42. The van der Waals surface area contributed by atoms with Crippen molar-refractivity contribution >= 4 is 15.9 Å². The Balaban J connectivity index is 2.45. The lowest BCUT2D eigenvalue weighted by molar-refractivity contribution is 0.524. The van der Waals surface area contributed by atoms with Gasteiger partial charge in [0.05, 0.1) is 16.8 Å². The second-order valence-electron chi connectivity index (χ2n) is 3.86. The Kier molecular flexibility index (Phi) is 3.64. The van der Waals surface area contributed by atoms with Gasteiger partial charge in [-0.1, -0.05) is 12.1 Å². The predicted octanol–water partition coefficient (Wildman–Crippen LogP) is 3.80. The molecule has 1 heterocycles. The topological polar surface area (TPSA) is 25.2 Å². The normalized spacial score (nSPS) is 12.7. The van der Waals surface area contributed by atoms with Crippen molar-refractivity contribution in [2.75, 3.05) is 7.05 Å². The van der Waals surface area contributed by atoms with Crippen LogP contribution in [-0.4, -0.2) is 7.05 Å². The Hall–Kier alpha value is -1.13. The summed E-state index contributed by atoms with van der Waals surface area (Å²) < 4.78 is 19.7. The first-order valence-corrected chi connectivity index (χ1v) is 6.09. The van der Waals surface area contributed by atoms with Crippen LogP contribution in [-0.2, 0) is 0 Å². The van der Waals surface area contributed by atoms with E-state index in [9.17, 15) is 4.39 Å². The van der Waals surface area contributed by atoms with Crippen LogP contribution in [0.3, 0.4) is 0 Å². The van der Waals surface area contributed by atoms with E-state index < -0.39 is 0 Å². The maximum absolute atomic E-state index is 14.0. The van der Waals surface area contributed by atoms with E-state index in [1.54, 1.807) is 25.4 Å². The molecule has 0 amide bonds. The SMILES string of the molecule is CNC(c1coc(C)c1)c1cccc(Br)c1F. The van der Waals surface area contributed by atoms with Gasteiger partial charge in [0.15, 0.2) is 0 Å². The van der Waals surface area contributed by atoms with Crippen molar-refractivity contribution in [2.45, 2.75) is 13.0 Å². The van der Waals surface area contributed by atoms with Crippen molar-refractivity contribution in [3.05, 3.63) is 57.7 Å². The summed E-state index contributed by atoms with van der Waals surface area (Å²) in [7, 11) is 1.80. The van der Waals surface area contributed by atoms with Gasteiger partial charge < -0.3 is 9.73 Å². The lowest BCUT2D eigenvalue weighted by Crippen LogP contribution is -2.18. The van der Waals surface area contributed by atoms with Crippen LogP contribution in [0.5, 0.6) is 0 Å². The lowest BCUT2D eigenvalue weighted by atomic mass is 10.0. The van der Waals surface area contributed by atoms with Gasteiger partial charge >= 0.3 is 0 Å². The lowest BCUT2D eigenvalue weighted by Gasteiger charge is -2.16. The van der Waals surface area contributed by atoms with Crippen molar-refractivity contribution in [3.8, 4) is 0 Å². The van der Waals surface area contributed by atoms with E-state index >= 15 is 0 Å². The molecule has 0 aliphatic carbocycles. The first kappa shape index (κ1) is 12.3. The molecule has 2 rings (SSSR count). The fraction of sp³-hybridized carbons (Fsp3) is 0.231. The summed E-state index contributed by atoms with van der Waals surface area (Å²) in [6.45, 7) is 1.87. The standard InChI is InChI=1S/C13H13BrFNO/c1-8-6-9(7-17-8)13(16-2)10-4-3-5-11(14)12(10)15/h3-7,13,16H,1-2H3. The van der Waals surface area contributed by atoms with Crippen molar-refractivity contribution in [3.63, 3.8) is 0 Å². The average Bonchev–Trinajstić information content (AvgIpc) is 2.72. The molecule has 17 heavy (non-hydrogen) atoms. The second kappa shape index (κ2) is 5.02. The molecule has 1 aromatic carbocycles. The zero-order valence-corrected chi connectivity index (χ0v) is 11.2. The summed E-state index contributed by atoms with van der Waals surface area (Å²) in [6, 6.07) is 6.97. The predicted molar refractivity (Wildman–Crippen MR) is 68.4 cm³/mol. The van der Waals surface area contributed by atoms with E-state index in [-0.39, 0.29) is 11.9 Å². The highest BCUT2D eigenvalue weighted by atomic mass is 79.9. The maximum Gasteiger partial charge on any atom is 0.142 e. The molecule has 0 aliphatic heterocycles. The number of hydrogen-bond acceptors (Lipinski definition) is 2. The summed E-state index contributed by atoms with van der Waals surface area (Å²) in [5, 5.41) is 3.10. The van der Waals surface area contributed by atoms with Gasteiger partial charge in [-0.2, -0.15) is 0 Å². The quantitative estimate of drug-likeness (QED) is 0.932. The molecule has 0 saturated heterocycles. The summed E-state index contributed by atoms with van der Waals surface area (Å²) in [5.74, 6) is 0.571. The molecular weight excluding hydrogens is 285 g/mol. The third-order valence-corrected chi connectivity index (χ3v) is 3.28. The van der Waals surface area contributed by atoms with Crippen molar-refractivity contribution in [2.24, 2.45) is 0 Å². The molecule has 90 valence electrons. The van der Waals surface area contributed by atoms with Crippen LogP contribution in [0, 0.1) is 12.7 Å². The molecule has 0 radical (unpaired) electrons. The molecule has 0 fully saturated rings. The molecule has 1 unspecified atom stereocenters. The molecule has 1 aromatic heterocycles. The third-order valence-electron chi connectivity index (χ3n) is 2.67. The summed E-state index contributed by atoms with van der Waals surface area (Å²) in [5.41, 5.74) is 1.52. The van der Waals surface area contributed by atoms with Crippen molar-refractivity contribution in [1.29, 1.82) is 0 Å². The Labute approximate surface area is 108 Å². The fourth-order valence-corrected chi connectivity index (χ4v) is 2.24. The smallest absolute Gasteiger partial charge is 0.142 e. The van der Waals surface area contributed by atoms with Gasteiger partial charge in [0.2, 0.25) is 0 Å². The highest BCUT2D eigenvalue weighted by Gasteiger charge is 2.19. The Morgan fingerprint density at radius 3 is 2.76 bits per heavy atom. The first-order valence-electron chi connectivity index (χ1n) is 5.29. The minimum absolute atomic E-state index is 0.204. The number of aryl methyl sites for hydroxylation is 1. The number of nitrogens with one attached hydrogen (secondary N) is 1. The molecule has 0 saturated carbocycles. The Morgan fingerprint density at radius 1 is 1.41 bits per heavy atom. The number of furan rings is 1. The molecule has 0 bridgehead atoms. The highest BCUT2D eigenvalue weighted by molar-refractivity contribution is 9.10. The van der Waals surface area contributed by atoms with E-state index in [4.69, 9.17) is 4.42 Å². The van der Waals surface area contributed by atoms with Crippen LogP contribution < -0.4 is 5.32 Å². The summed E-state index contributed by atoms with van der Waals surface area (Å²) in [6.07, 6.45) is 1.65. The van der Waals surface area contributed by atoms with Crippen LogP contribution in [0.15, 0.2) is 39.4 Å². The van der Waals surface area contributed by atoms with E-state index in [0.29, 0.717) is 10.0 Å². The minimum atomic E-state index is -0.245. The molecule has 0 aliphatic rings. The van der Waals surface area contributed by atoms with Gasteiger partial charge in [-0.05, 0) is 42.0 Å². The largest absolute Gasteiger partial charge is 0.469 e. The minimum Gasteiger partial charge on any atom is -0.469 e. The average molecular weight is 298 g/mol. The van der Waals surface area contributed by atoms with E-state index in [0.717, 1.165) is 11.3 Å². The molecule has 0 spiro atoms. The van der Waals surface area contributed by atoms with Gasteiger partial charge in [-0.3, -0.25) is 0 Å². The second-order valence-corrected chi connectivity index (χ2v) is 4.71. The number of hydrogen-bond donors (Lipinski definition) is 1. The molecule has 1 N–H and O–H groups in total. The van der Waals surface area contributed by atoms with Crippen LogP contribution in [0.2, 0.25) is 0 Å².